The van der Waals surface area contributed by atoms with Gasteiger partial charge in [-0.15, -0.1) is 0 Å². The van der Waals surface area contributed by atoms with Crippen LogP contribution in [0.25, 0.3) is 0 Å². The number of carbonyl (C=O) groups is 2. The molecule has 1 N–H and O–H groups in total. The van der Waals surface area contributed by atoms with Crippen LogP contribution in [0.15, 0.2) is 66.9 Å². The Balaban J connectivity index is 1.68. The number of pyridine rings is 1. The van der Waals surface area contributed by atoms with Gasteiger partial charge in [0.15, 0.2) is 0 Å². The molecule has 0 radical (unpaired) electrons. The summed E-state index contributed by atoms with van der Waals surface area (Å²) in [6.45, 7) is 2.53. The molecule has 3 rings (SSSR count). The predicted molar refractivity (Wildman–Crippen MR) is 121 cm³/mol. The minimum absolute atomic E-state index is 0.172. The highest BCUT2D eigenvalue weighted by Crippen LogP contribution is 2.23. The highest BCUT2D eigenvalue weighted by Gasteiger charge is 2.14. The normalized spacial score (nSPS) is 10.4. The Morgan fingerprint density at radius 3 is 2.47 bits per heavy atom. The average Bonchev–Trinajstić information content (AvgIpc) is 2.75. The van der Waals surface area contributed by atoms with Gasteiger partial charge in [0.2, 0.25) is 6.41 Å². The van der Waals surface area contributed by atoms with Crippen molar-refractivity contribution >= 4 is 29.4 Å². The van der Waals surface area contributed by atoms with Crippen molar-refractivity contribution in [2.75, 3.05) is 35.8 Å². The fraction of sp³-hybridized carbons (Fsp3) is 0.208. The maximum absolute atomic E-state index is 12.8. The molecule has 2 aromatic carbocycles. The molecule has 0 saturated heterocycles. The zero-order valence-corrected chi connectivity index (χ0v) is 17.5. The van der Waals surface area contributed by atoms with Crippen LogP contribution >= 0.6 is 0 Å². The van der Waals surface area contributed by atoms with Crippen molar-refractivity contribution in [1.82, 2.24) is 4.98 Å². The second kappa shape index (κ2) is 9.69. The number of nitrogens with one attached hydrogen (secondary N) is 1. The first-order valence-electron chi connectivity index (χ1n) is 9.79. The number of benzene rings is 2. The van der Waals surface area contributed by atoms with Crippen LogP contribution in [0.1, 0.15) is 21.6 Å². The molecule has 3 aromatic rings. The maximum Gasteiger partial charge on any atom is 0.257 e. The molecule has 0 aliphatic rings. The van der Waals surface area contributed by atoms with Crippen molar-refractivity contribution in [2.45, 2.75) is 13.3 Å². The number of anilines is 3. The van der Waals surface area contributed by atoms with Gasteiger partial charge in [-0.25, -0.2) is 0 Å². The van der Waals surface area contributed by atoms with E-state index < -0.39 is 0 Å². The minimum atomic E-state index is -0.172. The number of aromatic nitrogens is 1. The highest BCUT2D eigenvalue weighted by molar-refractivity contribution is 6.08. The Bertz CT molecular complexity index is 1000. The SMILES string of the molecule is Cc1ccc(C(=O)Nc2ccc(N(C=O)CCc3ccccn3)cc2)c(N(C)C)c1. The Morgan fingerprint density at radius 2 is 1.83 bits per heavy atom. The van der Waals surface area contributed by atoms with Gasteiger partial charge in [-0.2, -0.15) is 0 Å². The van der Waals surface area contributed by atoms with Crippen LogP contribution in [0.5, 0.6) is 0 Å². The number of aryl methyl sites for hydroxylation is 1. The van der Waals surface area contributed by atoms with Gasteiger partial charge in [-0.3, -0.25) is 14.6 Å². The van der Waals surface area contributed by atoms with Crippen LogP contribution in [0.4, 0.5) is 17.1 Å². The largest absolute Gasteiger partial charge is 0.377 e. The zero-order chi connectivity index (χ0) is 21.5. The molecule has 0 unspecified atom stereocenters. The molecule has 1 heterocycles. The van der Waals surface area contributed by atoms with E-state index in [1.807, 2.05) is 74.4 Å². The highest BCUT2D eigenvalue weighted by atomic mass is 16.1. The van der Waals surface area contributed by atoms with E-state index in [1.165, 1.54) is 0 Å². The number of amides is 2. The Labute approximate surface area is 177 Å². The van der Waals surface area contributed by atoms with Gasteiger partial charge in [-0.05, 0) is 61.0 Å². The monoisotopic (exact) mass is 402 g/mol. The fourth-order valence-electron chi connectivity index (χ4n) is 3.16. The lowest BCUT2D eigenvalue weighted by atomic mass is 10.1. The molecule has 0 aliphatic heterocycles. The molecule has 2 amide bonds. The number of rotatable bonds is 8. The molecule has 6 nitrogen and oxygen atoms in total. The topological polar surface area (TPSA) is 65.5 Å². The summed E-state index contributed by atoms with van der Waals surface area (Å²) < 4.78 is 0. The third kappa shape index (κ3) is 5.23. The molecule has 154 valence electrons. The average molecular weight is 402 g/mol. The molecule has 0 bridgehead atoms. The van der Waals surface area contributed by atoms with Gasteiger partial charge in [0.1, 0.15) is 0 Å². The van der Waals surface area contributed by atoms with E-state index in [-0.39, 0.29) is 5.91 Å². The lowest BCUT2D eigenvalue weighted by molar-refractivity contribution is -0.107. The summed E-state index contributed by atoms with van der Waals surface area (Å²) in [7, 11) is 3.83. The fourth-order valence-corrected chi connectivity index (χ4v) is 3.16. The Hall–Kier alpha value is -3.67. The van der Waals surface area contributed by atoms with Crippen LogP contribution in [0.3, 0.4) is 0 Å². The molecule has 30 heavy (non-hydrogen) atoms. The van der Waals surface area contributed by atoms with E-state index in [9.17, 15) is 9.59 Å². The lowest BCUT2D eigenvalue weighted by Gasteiger charge is -2.19. The van der Waals surface area contributed by atoms with Crippen molar-refractivity contribution in [3.63, 3.8) is 0 Å². The lowest BCUT2D eigenvalue weighted by Crippen LogP contribution is -2.24. The summed E-state index contributed by atoms with van der Waals surface area (Å²) in [5.41, 5.74) is 4.94. The molecule has 6 heteroatoms. The van der Waals surface area contributed by atoms with Gasteiger partial charge >= 0.3 is 0 Å². The first-order chi connectivity index (χ1) is 14.5. The van der Waals surface area contributed by atoms with E-state index in [1.54, 1.807) is 23.2 Å². The van der Waals surface area contributed by atoms with Crippen molar-refractivity contribution in [3.8, 4) is 0 Å². The molecule has 0 saturated carbocycles. The van der Waals surface area contributed by atoms with E-state index >= 15 is 0 Å². The number of hydrogen-bond acceptors (Lipinski definition) is 4. The molecule has 0 spiro atoms. The van der Waals surface area contributed by atoms with E-state index in [2.05, 4.69) is 10.3 Å². The summed E-state index contributed by atoms with van der Waals surface area (Å²) in [5.74, 6) is -0.172. The summed E-state index contributed by atoms with van der Waals surface area (Å²) in [6.07, 6.45) is 3.22. The van der Waals surface area contributed by atoms with Crippen LogP contribution in [0.2, 0.25) is 0 Å². The van der Waals surface area contributed by atoms with E-state index in [4.69, 9.17) is 0 Å². The minimum Gasteiger partial charge on any atom is -0.377 e. The van der Waals surface area contributed by atoms with E-state index in [0.29, 0.717) is 24.2 Å². The third-order valence-electron chi connectivity index (χ3n) is 4.80. The molecular formula is C24H26N4O2. The van der Waals surface area contributed by atoms with Crippen LogP contribution in [0, 0.1) is 6.92 Å². The number of nitrogens with zero attached hydrogens (tertiary/aromatic N) is 3. The van der Waals surface area contributed by atoms with Crippen LogP contribution in [-0.4, -0.2) is 37.9 Å². The zero-order valence-electron chi connectivity index (χ0n) is 17.5. The van der Waals surface area contributed by atoms with Gasteiger partial charge in [0.05, 0.1) is 5.56 Å². The van der Waals surface area contributed by atoms with Crippen molar-refractivity contribution in [3.05, 3.63) is 83.7 Å². The second-order valence-corrected chi connectivity index (χ2v) is 7.29. The standard InChI is InChI=1S/C24H26N4O2/c1-18-7-12-22(23(16-18)27(2)3)24(30)26-20-8-10-21(11-9-20)28(17-29)15-13-19-6-4-5-14-25-19/h4-12,14,16-17H,13,15H2,1-3H3,(H,26,30). The van der Waals surface area contributed by atoms with Gasteiger partial charge in [-0.1, -0.05) is 12.1 Å². The van der Waals surface area contributed by atoms with Crippen molar-refractivity contribution in [1.29, 1.82) is 0 Å². The smallest absolute Gasteiger partial charge is 0.257 e. The summed E-state index contributed by atoms with van der Waals surface area (Å²) in [6, 6.07) is 18.7. The molecule has 1 aromatic heterocycles. The second-order valence-electron chi connectivity index (χ2n) is 7.29. The van der Waals surface area contributed by atoms with E-state index in [0.717, 1.165) is 29.0 Å². The van der Waals surface area contributed by atoms with Crippen molar-refractivity contribution < 1.29 is 9.59 Å². The van der Waals surface area contributed by atoms with Crippen LogP contribution in [-0.2, 0) is 11.2 Å². The summed E-state index contributed by atoms with van der Waals surface area (Å²) >= 11 is 0. The van der Waals surface area contributed by atoms with Gasteiger partial charge < -0.3 is 15.1 Å². The third-order valence-corrected chi connectivity index (χ3v) is 4.80. The first-order valence-corrected chi connectivity index (χ1v) is 9.79. The number of hydrogen-bond donors (Lipinski definition) is 1. The quantitative estimate of drug-likeness (QED) is 0.580. The summed E-state index contributed by atoms with van der Waals surface area (Å²) in [4.78, 5) is 32.1. The maximum atomic E-state index is 12.8. The Morgan fingerprint density at radius 1 is 1.07 bits per heavy atom. The van der Waals surface area contributed by atoms with Gasteiger partial charge in [0, 0.05) is 56.0 Å². The predicted octanol–water partition coefficient (Wildman–Crippen LogP) is 3.91. The van der Waals surface area contributed by atoms with Crippen LogP contribution < -0.4 is 15.1 Å². The summed E-state index contributed by atoms with van der Waals surface area (Å²) in [5, 5.41) is 2.93. The first kappa shape index (κ1) is 21.0. The molecular weight excluding hydrogens is 376 g/mol. The number of carbonyl (C=O) groups excluding carboxylic acids is 2. The Kier molecular flexibility index (Phi) is 6.80. The molecule has 0 atom stereocenters. The van der Waals surface area contributed by atoms with Crippen molar-refractivity contribution in [2.24, 2.45) is 0 Å². The molecule has 0 fully saturated rings. The van der Waals surface area contributed by atoms with Gasteiger partial charge in [0.25, 0.3) is 5.91 Å². The molecule has 0 aliphatic carbocycles.